The summed E-state index contributed by atoms with van der Waals surface area (Å²) >= 11 is 0. The standard InChI is InChI=1S/C24H40F2O3/c1-14(15(12-27)13-28)18-4-5-19-21-20(7-9-23(18,19)3)22(2)8-6-17(29)10-16(22)11-24(21,25)26/h14-21,27-29H,4-13H2,1-3H3/t14-,16?,17-,18-,19?,20?,21?,22?,23-/m1/s1. The summed E-state index contributed by atoms with van der Waals surface area (Å²) in [5.41, 5.74) is -0.209. The molecule has 5 unspecified atom stereocenters. The highest BCUT2D eigenvalue weighted by atomic mass is 19.3. The summed E-state index contributed by atoms with van der Waals surface area (Å²) in [6.07, 6.45) is 5.26. The van der Waals surface area contributed by atoms with Gasteiger partial charge in [0.2, 0.25) is 0 Å². The molecule has 4 fully saturated rings. The Bertz CT molecular complexity index is 609. The topological polar surface area (TPSA) is 60.7 Å². The van der Waals surface area contributed by atoms with E-state index in [1.54, 1.807) is 0 Å². The van der Waals surface area contributed by atoms with E-state index in [9.17, 15) is 15.3 Å². The number of alkyl halides is 2. The molecule has 9 atom stereocenters. The van der Waals surface area contributed by atoms with Gasteiger partial charge in [0.25, 0.3) is 5.92 Å². The van der Waals surface area contributed by atoms with E-state index in [1.807, 2.05) is 0 Å². The van der Waals surface area contributed by atoms with Crippen LogP contribution in [-0.4, -0.2) is 40.6 Å². The Morgan fingerprint density at radius 3 is 2.21 bits per heavy atom. The number of fused-ring (bicyclic) bond motifs is 5. The first-order valence-corrected chi connectivity index (χ1v) is 11.9. The predicted octanol–water partition coefficient (Wildman–Crippen LogP) is 4.49. The quantitative estimate of drug-likeness (QED) is 0.635. The fourth-order valence-electron chi connectivity index (χ4n) is 8.76. The minimum atomic E-state index is -2.66. The SMILES string of the molecule is C[C@H](C(CO)CO)[C@H]1CCC2C3C(CC[C@@]21C)C1(C)CC[C@@H](O)CC1CC3(F)F. The lowest BCUT2D eigenvalue weighted by Gasteiger charge is -2.63. The van der Waals surface area contributed by atoms with Crippen molar-refractivity contribution in [3.63, 3.8) is 0 Å². The normalized spacial score (nSPS) is 50.0. The maximum atomic E-state index is 15.7. The van der Waals surface area contributed by atoms with Gasteiger partial charge in [0.15, 0.2) is 0 Å². The molecule has 0 aromatic heterocycles. The van der Waals surface area contributed by atoms with Crippen LogP contribution in [0.2, 0.25) is 0 Å². The molecule has 4 aliphatic rings. The molecule has 0 aromatic rings. The van der Waals surface area contributed by atoms with Crippen LogP contribution in [0.1, 0.15) is 72.1 Å². The third kappa shape index (κ3) is 3.20. The zero-order valence-corrected chi connectivity index (χ0v) is 18.3. The highest BCUT2D eigenvalue weighted by Gasteiger charge is 2.68. The Hall–Kier alpha value is -0.260. The van der Waals surface area contributed by atoms with E-state index in [-0.39, 0.29) is 66.0 Å². The number of hydrogen-bond donors (Lipinski definition) is 3. The van der Waals surface area contributed by atoms with E-state index >= 15 is 8.78 Å². The lowest BCUT2D eigenvalue weighted by molar-refractivity contribution is -0.238. The molecule has 4 aliphatic carbocycles. The van der Waals surface area contributed by atoms with E-state index in [1.165, 1.54) is 0 Å². The van der Waals surface area contributed by atoms with Crippen LogP contribution in [0, 0.1) is 52.3 Å². The first-order valence-electron chi connectivity index (χ1n) is 11.9. The monoisotopic (exact) mass is 414 g/mol. The van der Waals surface area contributed by atoms with Crippen molar-refractivity contribution in [3.8, 4) is 0 Å². The third-order valence-electron chi connectivity index (χ3n) is 10.5. The van der Waals surface area contributed by atoms with Gasteiger partial charge in [0.05, 0.1) is 6.10 Å². The smallest absolute Gasteiger partial charge is 0.251 e. The predicted molar refractivity (Wildman–Crippen MR) is 108 cm³/mol. The van der Waals surface area contributed by atoms with Crippen molar-refractivity contribution in [2.75, 3.05) is 13.2 Å². The Morgan fingerprint density at radius 2 is 1.55 bits per heavy atom. The van der Waals surface area contributed by atoms with Gasteiger partial charge >= 0.3 is 0 Å². The highest BCUT2D eigenvalue weighted by Crippen LogP contribution is 2.71. The minimum Gasteiger partial charge on any atom is -0.396 e. The average Bonchev–Trinajstić information content (AvgIpc) is 3.01. The van der Waals surface area contributed by atoms with E-state index in [2.05, 4.69) is 20.8 Å². The maximum absolute atomic E-state index is 15.7. The number of rotatable bonds is 4. The zero-order chi connectivity index (χ0) is 21.2. The molecule has 4 rings (SSSR count). The molecule has 0 aromatic carbocycles. The maximum Gasteiger partial charge on any atom is 0.251 e. The molecule has 3 nitrogen and oxygen atoms in total. The van der Waals surface area contributed by atoms with Gasteiger partial charge in [-0.15, -0.1) is 0 Å². The molecule has 0 bridgehead atoms. The number of hydrogen-bond acceptors (Lipinski definition) is 3. The molecule has 3 N–H and O–H groups in total. The first kappa shape index (κ1) is 22.0. The van der Waals surface area contributed by atoms with Gasteiger partial charge in [0.1, 0.15) is 0 Å². The van der Waals surface area contributed by atoms with Gasteiger partial charge in [-0.2, -0.15) is 0 Å². The second-order valence-electron chi connectivity index (χ2n) is 11.5. The molecule has 29 heavy (non-hydrogen) atoms. The van der Waals surface area contributed by atoms with E-state index in [0.29, 0.717) is 6.42 Å². The summed E-state index contributed by atoms with van der Waals surface area (Å²) in [6.45, 7) is 6.48. The van der Waals surface area contributed by atoms with Crippen LogP contribution < -0.4 is 0 Å². The van der Waals surface area contributed by atoms with Crippen molar-refractivity contribution >= 4 is 0 Å². The Labute approximate surface area is 174 Å². The van der Waals surface area contributed by atoms with Crippen LogP contribution in [0.15, 0.2) is 0 Å². The molecule has 4 saturated carbocycles. The summed E-state index contributed by atoms with van der Waals surface area (Å²) in [5, 5.41) is 29.5. The van der Waals surface area contributed by atoms with Gasteiger partial charge in [-0.1, -0.05) is 20.8 Å². The van der Waals surface area contributed by atoms with Crippen molar-refractivity contribution in [1.82, 2.24) is 0 Å². The molecule has 168 valence electrons. The zero-order valence-electron chi connectivity index (χ0n) is 18.3. The summed E-state index contributed by atoms with van der Waals surface area (Å²) in [7, 11) is 0. The summed E-state index contributed by atoms with van der Waals surface area (Å²) < 4.78 is 31.3. The second kappa shape index (κ2) is 7.41. The van der Waals surface area contributed by atoms with Crippen LogP contribution in [0.4, 0.5) is 8.78 Å². The fourth-order valence-corrected chi connectivity index (χ4v) is 8.76. The van der Waals surface area contributed by atoms with Gasteiger partial charge in [0, 0.05) is 31.5 Å². The molecule has 0 amide bonds. The molecule has 0 aliphatic heterocycles. The van der Waals surface area contributed by atoms with Crippen molar-refractivity contribution in [2.24, 2.45) is 52.3 Å². The first-order chi connectivity index (χ1) is 13.6. The van der Waals surface area contributed by atoms with Gasteiger partial charge in [-0.05, 0) is 85.4 Å². The number of aliphatic hydroxyl groups excluding tert-OH is 3. The average molecular weight is 415 g/mol. The second-order valence-corrected chi connectivity index (χ2v) is 11.5. The Kier molecular flexibility index (Phi) is 5.61. The van der Waals surface area contributed by atoms with Crippen LogP contribution in [0.3, 0.4) is 0 Å². The van der Waals surface area contributed by atoms with Crippen molar-refractivity contribution in [3.05, 3.63) is 0 Å². The van der Waals surface area contributed by atoms with Crippen LogP contribution in [-0.2, 0) is 0 Å². The Morgan fingerprint density at radius 1 is 0.931 bits per heavy atom. The molecule has 5 heteroatoms. The number of aliphatic hydroxyl groups is 3. The van der Waals surface area contributed by atoms with Gasteiger partial charge in [-0.3, -0.25) is 0 Å². The lowest BCUT2D eigenvalue weighted by atomic mass is 9.43. The Balaban J connectivity index is 1.65. The molecule has 0 heterocycles. The lowest BCUT2D eigenvalue weighted by Crippen LogP contribution is -2.61. The summed E-state index contributed by atoms with van der Waals surface area (Å²) in [5.74, 6) is -2.97. The summed E-state index contributed by atoms with van der Waals surface area (Å²) in [6, 6.07) is 0. The molecule has 0 saturated heterocycles. The van der Waals surface area contributed by atoms with E-state index < -0.39 is 17.9 Å². The van der Waals surface area contributed by atoms with Gasteiger partial charge < -0.3 is 15.3 Å². The van der Waals surface area contributed by atoms with Crippen molar-refractivity contribution in [1.29, 1.82) is 0 Å². The van der Waals surface area contributed by atoms with Crippen LogP contribution >= 0.6 is 0 Å². The highest BCUT2D eigenvalue weighted by molar-refractivity contribution is 5.13. The van der Waals surface area contributed by atoms with E-state index in [4.69, 9.17) is 0 Å². The van der Waals surface area contributed by atoms with E-state index in [0.717, 1.165) is 38.5 Å². The van der Waals surface area contributed by atoms with Crippen LogP contribution in [0.25, 0.3) is 0 Å². The molecular formula is C24H40F2O3. The molecule has 0 radical (unpaired) electrons. The van der Waals surface area contributed by atoms with Crippen molar-refractivity contribution in [2.45, 2.75) is 84.2 Å². The van der Waals surface area contributed by atoms with Gasteiger partial charge in [-0.25, -0.2) is 8.78 Å². The molecular weight excluding hydrogens is 374 g/mol. The van der Waals surface area contributed by atoms with Crippen LogP contribution in [0.5, 0.6) is 0 Å². The largest absolute Gasteiger partial charge is 0.396 e. The minimum absolute atomic E-state index is 0.0198. The molecule has 0 spiro atoms. The third-order valence-corrected chi connectivity index (χ3v) is 10.5. The van der Waals surface area contributed by atoms with Crippen molar-refractivity contribution < 1.29 is 24.1 Å². The summed E-state index contributed by atoms with van der Waals surface area (Å²) in [4.78, 5) is 0. The fraction of sp³-hybridized carbons (Fsp3) is 1.00. The number of halogens is 2.